The van der Waals surface area contributed by atoms with Gasteiger partial charge in [-0.15, -0.1) is 0 Å². The molecular weight excluding hydrogens is 246 g/mol. The first-order chi connectivity index (χ1) is 9.65. The Balaban J connectivity index is 1.95. The van der Waals surface area contributed by atoms with Gasteiger partial charge in [0.05, 0.1) is 0 Å². The molecular formula is C17H19N3. The predicted octanol–water partition coefficient (Wildman–Crippen LogP) is 3.69. The Kier molecular flexibility index (Phi) is 3.11. The van der Waals surface area contributed by atoms with E-state index in [0.717, 1.165) is 17.9 Å². The minimum atomic E-state index is 0.796. The minimum absolute atomic E-state index is 0.796. The zero-order chi connectivity index (χ0) is 14.1. The van der Waals surface area contributed by atoms with Gasteiger partial charge in [0.15, 0.2) is 0 Å². The maximum atomic E-state index is 5.86. The van der Waals surface area contributed by atoms with Crippen LogP contribution in [0.3, 0.4) is 0 Å². The molecule has 0 fully saturated rings. The second-order valence-electron chi connectivity index (χ2n) is 5.23. The highest BCUT2D eigenvalue weighted by molar-refractivity contribution is 5.84. The zero-order valence-electron chi connectivity index (χ0n) is 11.9. The minimum Gasteiger partial charge on any atom is -0.399 e. The van der Waals surface area contributed by atoms with Gasteiger partial charge in [-0.2, -0.15) is 0 Å². The number of benzene rings is 2. The maximum absolute atomic E-state index is 5.86. The molecule has 3 heteroatoms. The van der Waals surface area contributed by atoms with Gasteiger partial charge in [-0.25, -0.2) is 0 Å². The van der Waals surface area contributed by atoms with E-state index in [9.17, 15) is 0 Å². The van der Waals surface area contributed by atoms with Crippen LogP contribution in [-0.4, -0.2) is 12.0 Å². The average Bonchev–Trinajstić information content (AvgIpc) is 2.75. The fraction of sp³-hybridized carbons (Fsp3) is 0.176. The average molecular weight is 265 g/mol. The number of nitrogens with zero attached hydrogens (tertiary/aromatic N) is 1. The van der Waals surface area contributed by atoms with Crippen molar-refractivity contribution in [2.24, 2.45) is 0 Å². The van der Waals surface area contributed by atoms with Crippen LogP contribution < -0.4 is 10.6 Å². The number of aromatic amines is 1. The second-order valence-corrected chi connectivity index (χ2v) is 5.23. The standard InChI is InChI=1S/C17H19N3/c1-12-16(15-8-3-4-9-17(15)19-12)11-20(2)14-7-5-6-13(18)10-14/h3-10,19H,11,18H2,1-2H3. The lowest BCUT2D eigenvalue weighted by Crippen LogP contribution is -2.16. The number of hydrogen-bond donors (Lipinski definition) is 2. The van der Waals surface area contributed by atoms with Crippen LogP contribution in [0, 0.1) is 6.92 Å². The molecule has 20 heavy (non-hydrogen) atoms. The van der Waals surface area contributed by atoms with Crippen molar-refractivity contribution in [3.8, 4) is 0 Å². The first-order valence-electron chi connectivity index (χ1n) is 6.78. The van der Waals surface area contributed by atoms with Gasteiger partial charge in [0, 0.05) is 41.6 Å². The normalized spacial score (nSPS) is 10.9. The fourth-order valence-electron chi connectivity index (χ4n) is 2.63. The molecule has 0 aliphatic carbocycles. The van der Waals surface area contributed by atoms with E-state index < -0.39 is 0 Å². The van der Waals surface area contributed by atoms with E-state index in [4.69, 9.17) is 5.73 Å². The van der Waals surface area contributed by atoms with Crippen molar-refractivity contribution >= 4 is 22.3 Å². The Hall–Kier alpha value is -2.42. The molecule has 0 saturated heterocycles. The first kappa shape index (κ1) is 12.6. The molecule has 0 unspecified atom stereocenters. The van der Waals surface area contributed by atoms with E-state index in [1.807, 2.05) is 18.2 Å². The quantitative estimate of drug-likeness (QED) is 0.709. The highest BCUT2D eigenvalue weighted by Crippen LogP contribution is 2.25. The number of nitrogens with one attached hydrogen (secondary N) is 1. The lowest BCUT2D eigenvalue weighted by atomic mass is 10.1. The fourth-order valence-corrected chi connectivity index (χ4v) is 2.63. The number of fused-ring (bicyclic) bond motifs is 1. The van der Waals surface area contributed by atoms with Gasteiger partial charge >= 0.3 is 0 Å². The third kappa shape index (κ3) is 2.23. The van der Waals surface area contributed by atoms with Crippen molar-refractivity contribution < 1.29 is 0 Å². The van der Waals surface area contributed by atoms with Gasteiger partial charge in [0.1, 0.15) is 0 Å². The summed E-state index contributed by atoms with van der Waals surface area (Å²) in [4.78, 5) is 5.67. The van der Waals surface area contributed by atoms with E-state index in [1.165, 1.54) is 22.2 Å². The third-order valence-electron chi connectivity index (χ3n) is 3.73. The number of aromatic nitrogens is 1. The van der Waals surface area contributed by atoms with Crippen LogP contribution >= 0.6 is 0 Å². The van der Waals surface area contributed by atoms with Crippen molar-refractivity contribution in [1.82, 2.24) is 4.98 Å². The predicted molar refractivity (Wildman–Crippen MR) is 86.0 cm³/mol. The van der Waals surface area contributed by atoms with Crippen molar-refractivity contribution in [2.75, 3.05) is 17.7 Å². The Labute approximate surface area is 119 Å². The van der Waals surface area contributed by atoms with E-state index >= 15 is 0 Å². The van der Waals surface area contributed by atoms with Crippen molar-refractivity contribution in [3.63, 3.8) is 0 Å². The van der Waals surface area contributed by atoms with E-state index in [1.54, 1.807) is 0 Å². The molecule has 0 bridgehead atoms. The molecule has 0 atom stereocenters. The van der Waals surface area contributed by atoms with Crippen LogP contribution in [0.4, 0.5) is 11.4 Å². The highest BCUT2D eigenvalue weighted by Gasteiger charge is 2.10. The third-order valence-corrected chi connectivity index (χ3v) is 3.73. The van der Waals surface area contributed by atoms with E-state index in [2.05, 4.69) is 54.2 Å². The summed E-state index contributed by atoms with van der Waals surface area (Å²) in [5.74, 6) is 0. The Morgan fingerprint density at radius 1 is 1.10 bits per heavy atom. The Morgan fingerprint density at radius 3 is 2.70 bits per heavy atom. The summed E-state index contributed by atoms with van der Waals surface area (Å²) in [7, 11) is 2.09. The van der Waals surface area contributed by atoms with Gasteiger partial charge in [-0.05, 0) is 36.8 Å². The summed E-state index contributed by atoms with van der Waals surface area (Å²) in [5.41, 5.74) is 11.5. The number of rotatable bonds is 3. The second kappa shape index (κ2) is 4.93. The smallest absolute Gasteiger partial charge is 0.0459 e. The molecule has 0 aliphatic heterocycles. The molecule has 1 heterocycles. The number of anilines is 2. The van der Waals surface area contributed by atoms with Crippen LogP contribution in [0.1, 0.15) is 11.3 Å². The SMILES string of the molecule is Cc1[nH]c2ccccc2c1CN(C)c1cccc(N)c1. The number of aryl methyl sites for hydroxylation is 1. The highest BCUT2D eigenvalue weighted by atomic mass is 15.1. The van der Waals surface area contributed by atoms with Gasteiger partial charge in [-0.1, -0.05) is 24.3 Å². The summed E-state index contributed by atoms with van der Waals surface area (Å²) in [5, 5.41) is 1.29. The summed E-state index contributed by atoms with van der Waals surface area (Å²) >= 11 is 0. The molecule has 3 nitrogen and oxygen atoms in total. The summed E-state index contributed by atoms with van der Waals surface area (Å²) in [6.45, 7) is 2.99. The lowest BCUT2D eigenvalue weighted by molar-refractivity contribution is 0.920. The zero-order valence-corrected chi connectivity index (χ0v) is 11.9. The Morgan fingerprint density at radius 2 is 1.90 bits per heavy atom. The topological polar surface area (TPSA) is 45.0 Å². The molecule has 3 N–H and O–H groups in total. The van der Waals surface area contributed by atoms with Gasteiger partial charge in [0.25, 0.3) is 0 Å². The van der Waals surface area contributed by atoms with E-state index in [-0.39, 0.29) is 0 Å². The van der Waals surface area contributed by atoms with Gasteiger partial charge in [-0.3, -0.25) is 0 Å². The number of nitrogen functional groups attached to an aromatic ring is 1. The molecule has 3 aromatic rings. The van der Waals surface area contributed by atoms with Gasteiger partial charge in [0.2, 0.25) is 0 Å². The first-order valence-corrected chi connectivity index (χ1v) is 6.78. The summed E-state index contributed by atoms with van der Waals surface area (Å²) < 4.78 is 0. The van der Waals surface area contributed by atoms with Crippen molar-refractivity contribution in [3.05, 3.63) is 59.8 Å². The number of nitrogens with two attached hydrogens (primary N) is 1. The number of H-pyrrole nitrogens is 1. The van der Waals surface area contributed by atoms with Crippen molar-refractivity contribution in [1.29, 1.82) is 0 Å². The molecule has 0 spiro atoms. The van der Waals surface area contributed by atoms with Crippen molar-refractivity contribution in [2.45, 2.75) is 13.5 Å². The van der Waals surface area contributed by atoms with Crippen LogP contribution in [0.15, 0.2) is 48.5 Å². The van der Waals surface area contributed by atoms with Crippen LogP contribution in [0.5, 0.6) is 0 Å². The molecule has 2 aromatic carbocycles. The Bertz CT molecular complexity index is 743. The number of para-hydroxylation sites is 1. The largest absolute Gasteiger partial charge is 0.399 e. The summed E-state index contributed by atoms with van der Waals surface area (Å²) in [6, 6.07) is 16.4. The molecule has 1 aromatic heterocycles. The maximum Gasteiger partial charge on any atom is 0.0459 e. The monoisotopic (exact) mass is 265 g/mol. The molecule has 102 valence electrons. The molecule has 0 aliphatic rings. The summed E-state index contributed by atoms with van der Waals surface area (Å²) in [6.07, 6.45) is 0. The van der Waals surface area contributed by atoms with Crippen LogP contribution in [0.25, 0.3) is 10.9 Å². The molecule has 0 saturated carbocycles. The number of hydrogen-bond acceptors (Lipinski definition) is 2. The molecule has 3 rings (SSSR count). The van der Waals surface area contributed by atoms with E-state index in [0.29, 0.717) is 0 Å². The van der Waals surface area contributed by atoms with Crippen LogP contribution in [0.2, 0.25) is 0 Å². The molecule has 0 amide bonds. The molecule has 0 radical (unpaired) electrons. The lowest BCUT2D eigenvalue weighted by Gasteiger charge is -2.20. The van der Waals surface area contributed by atoms with Gasteiger partial charge < -0.3 is 15.6 Å². The van der Waals surface area contributed by atoms with Crippen LogP contribution in [-0.2, 0) is 6.54 Å².